The minimum atomic E-state index is 0.0525. The Balaban J connectivity index is 1.48. The van der Waals surface area contributed by atoms with E-state index in [1.54, 1.807) is 24.5 Å². The monoisotopic (exact) mass is 308 g/mol. The van der Waals surface area contributed by atoms with Gasteiger partial charge in [0, 0.05) is 57.4 Å². The molecular weight excluding hydrogens is 288 g/mol. The van der Waals surface area contributed by atoms with Crippen LogP contribution in [0.3, 0.4) is 0 Å². The van der Waals surface area contributed by atoms with Crippen LogP contribution >= 0.6 is 0 Å². The molecule has 2 aromatic heterocycles. The molecule has 118 valence electrons. The molecule has 5 heteroatoms. The highest BCUT2D eigenvalue weighted by atomic mass is 16.2. The maximum Gasteiger partial charge on any atom is 0.246 e. The molecule has 1 amide bonds. The fraction of sp³-hybridized carbons (Fsp3) is 0.278. The van der Waals surface area contributed by atoms with E-state index in [2.05, 4.69) is 20.9 Å². The molecule has 0 spiro atoms. The van der Waals surface area contributed by atoms with Crippen molar-refractivity contribution in [3.05, 3.63) is 66.3 Å². The lowest BCUT2D eigenvalue weighted by Gasteiger charge is -2.34. The summed E-state index contributed by atoms with van der Waals surface area (Å²) in [5, 5.41) is 0. The first-order valence-corrected chi connectivity index (χ1v) is 7.80. The Morgan fingerprint density at radius 2 is 1.96 bits per heavy atom. The Labute approximate surface area is 136 Å². The van der Waals surface area contributed by atoms with Crippen LogP contribution in [-0.4, -0.2) is 51.9 Å². The zero-order chi connectivity index (χ0) is 15.9. The molecule has 2 aromatic rings. The van der Waals surface area contributed by atoms with E-state index < -0.39 is 0 Å². The predicted molar refractivity (Wildman–Crippen MR) is 89.4 cm³/mol. The number of nitrogens with zero attached hydrogens (tertiary/aromatic N) is 4. The average molecular weight is 308 g/mol. The van der Waals surface area contributed by atoms with Crippen LogP contribution in [0.5, 0.6) is 0 Å². The Morgan fingerprint density at radius 3 is 2.65 bits per heavy atom. The number of carbonyl (C=O) groups is 1. The highest BCUT2D eigenvalue weighted by molar-refractivity contribution is 5.91. The lowest BCUT2D eigenvalue weighted by atomic mass is 10.2. The Morgan fingerprint density at radius 1 is 1.09 bits per heavy atom. The summed E-state index contributed by atoms with van der Waals surface area (Å²) in [4.78, 5) is 24.8. The van der Waals surface area contributed by atoms with Gasteiger partial charge in [-0.3, -0.25) is 19.7 Å². The molecule has 3 rings (SSSR count). The van der Waals surface area contributed by atoms with Crippen molar-refractivity contribution in [2.24, 2.45) is 0 Å². The summed E-state index contributed by atoms with van der Waals surface area (Å²) in [6.07, 6.45) is 8.78. The van der Waals surface area contributed by atoms with Crippen LogP contribution in [0, 0.1) is 0 Å². The molecule has 1 saturated heterocycles. The van der Waals surface area contributed by atoms with Gasteiger partial charge in [-0.05, 0) is 29.8 Å². The Bertz CT molecular complexity index is 649. The molecule has 0 N–H and O–H groups in total. The van der Waals surface area contributed by atoms with E-state index in [0.717, 1.165) is 38.4 Å². The Hall–Kier alpha value is -2.53. The lowest BCUT2D eigenvalue weighted by Crippen LogP contribution is -2.47. The van der Waals surface area contributed by atoms with Gasteiger partial charge in [0.25, 0.3) is 0 Å². The summed E-state index contributed by atoms with van der Waals surface area (Å²) in [5.74, 6) is 0.0525. The van der Waals surface area contributed by atoms with Gasteiger partial charge in [-0.25, -0.2) is 0 Å². The van der Waals surface area contributed by atoms with Crippen LogP contribution in [-0.2, 0) is 11.3 Å². The smallest absolute Gasteiger partial charge is 0.246 e. The van der Waals surface area contributed by atoms with Crippen LogP contribution in [0.4, 0.5) is 0 Å². The number of amides is 1. The molecule has 0 atom stereocenters. The fourth-order valence-electron chi connectivity index (χ4n) is 2.61. The highest BCUT2D eigenvalue weighted by Gasteiger charge is 2.19. The Kier molecular flexibility index (Phi) is 5.11. The van der Waals surface area contributed by atoms with Gasteiger partial charge in [-0.1, -0.05) is 12.1 Å². The third-order valence-electron chi connectivity index (χ3n) is 3.90. The summed E-state index contributed by atoms with van der Waals surface area (Å²) in [6.45, 7) is 4.17. The van der Waals surface area contributed by atoms with Gasteiger partial charge in [0.1, 0.15) is 0 Å². The predicted octanol–water partition coefficient (Wildman–Crippen LogP) is 1.83. The van der Waals surface area contributed by atoms with Crippen molar-refractivity contribution in [1.82, 2.24) is 19.8 Å². The largest absolute Gasteiger partial charge is 0.337 e. The van der Waals surface area contributed by atoms with Gasteiger partial charge in [-0.15, -0.1) is 0 Å². The number of aromatic nitrogens is 2. The van der Waals surface area contributed by atoms with Crippen molar-refractivity contribution >= 4 is 12.0 Å². The first-order valence-electron chi connectivity index (χ1n) is 7.80. The summed E-state index contributed by atoms with van der Waals surface area (Å²) in [6, 6.07) is 9.70. The summed E-state index contributed by atoms with van der Waals surface area (Å²) < 4.78 is 0. The second-order valence-corrected chi connectivity index (χ2v) is 5.55. The van der Waals surface area contributed by atoms with E-state index >= 15 is 0 Å². The normalized spacial score (nSPS) is 15.9. The van der Waals surface area contributed by atoms with Gasteiger partial charge in [0.2, 0.25) is 5.91 Å². The molecule has 1 aliphatic rings. The number of hydrogen-bond donors (Lipinski definition) is 0. The fourth-order valence-corrected chi connectivity index (χ4v) is 2.61. The highest BCUT2D eigenvalue weighted by Crippen LogP contribution is 2.08. The molecular formula is C18H20N4O. The second kappa shape index (κ2) is 7.65. The molecule has 1 fully saturated rings. The molecule has 0 aliphatic carbocycles. The molecule has 0 radical (unpaired) electrons. The molecule has 0 unspecified atom stereocenters. The molecule has 5 nitrogen and oxygen atoms in total. The van der Waals surface area contributed by atoms with Crippen LogP contribution in [0.25, 0.3) is 6.08 Å². The van der Waals surface area contributed by atoms with Crippen LogP contribution in [0.2, 0.25) is 0 Å². The van der Waals surface area contributed by atoms with E-state index in [1.165, 1.54) is 5.56 Å². The van der Waals surface area contributed by atoms with Crippen LogP contribution in [0.15, 0.2) is 55.0 Å². The number of rotatable bonds is 4. The van der Waals surface area contributed by atoms with Crippen LogP contribution < -0.4 is 0 Å². The summed E-state index contributed by atoms with van der Waals surface area (Å²) in [5.41, 5.74) is 2.01. The van der Waals surface area contributed by atoms with Crippen molar-refractivity contribution in [3.8, 4) is 0 Å². The topological polar surface area (TPSA) is 49.3 Å². The second-order valence-electron chi connectivity index (χ2n) is 5.55. The van der Waals surface area contributed by atoms with Gasteiger partial charge in [-0.2, -0.15) is 0 Å². The molecule has 23 heavy (non-hydrogen) atoms. The molecule has 0 saturated carbocycles. The molecule has 0 bridgehead atoms. The quantitative estimate of drug-likeness (QED) is 0.809. The maximum absolute atomic E-state index is 12.2. The average Bonchev–Trinajstić information content (AvgIpc) is 2.62. The number of carbonyl (C=O) groups excluding carboxylic acids is 1. The summed E-state index contributed by atoms with van der Waals surface area (Å²) in [7, 11) is 0. The number of hydrogen-bond acceptors (Lipinski definition) is 4. The van der Waals surface area contributed by atoms with Gasteiger partial charge >= 0.3 is 0 Å². The zero-order valence-electron chi connectivity index (χ0n) is 13.0. The first-order chi connectivity index (χ1) is 11.3. The van der Waals surface area contributed by atoms with E-state index in [9.17, 15) is 4.79 Å². The standard InChI is InChI=1S/C18H20N4O/c23-18(7-6-17-5-1-2-9-20-17)22-12-10-21(11-13-22)15-16-4-3-8-19-14-16/h1-9,14H,10-13,15H2/b7-6+. The van der Waals surface area contributed by atoms with Crippen molar-refractivity contribution in [1.29, 1.82) is 0 Å². The van der Waals surface area contributed by atoms with Crippen LogP contribution in [0.1, 0.15) is 11.3 Å². The molecule has 3 heterocycles. The third kappa shape index (κ3) is 4.47. The van der Waals surface area contributed by atoms with Crippen molar-refractivity contribution in [2.75, 3.05) is 26.2 Å². The molecule has 1 aliphatic heterocycles. The maximum atomic E-state index is 12.2. The van der Waals surface area contributed by atoms with Crippen molar-refractivity contribution in [2.45, 2.75) is 6.54 Å². The number of piperazine rings is 1. The number of pyridine rings is 2. The van der Waals surface area contributed by atoms with Crippen molar-refractivity contribution in [3.63, 3.8) is 0 Å². The first kappa shape index (κ1) is 15.4. The van der Waals surface area contributed by atoms with Gasteiger partial charge in [0.15, 0.2) is 0 Å². The molecule has 0 aromatic carbocycles. The summed E-state index contributed by atoms with van der Waals surface area (Å²) >= 11 is 0. The minimum Gasteiger partial charge on any atom is -0.337 e. The van der Waals surface area contributed by atoms with Gasteiger partial charge in [0.05, 0.1) is 5.69 Å². The van der Waals surface area contributed by atoms with E-state index in [4.69, 9.17) is 0 Å². The van der Waals surface area contributed by atoms with E-state index in [0.29, 0.717) is 0 Å². The van der Waals surface area contributed by atoms with E-state index in [-0.39, 0.29) is 5.91 Å². The van der Waals surface area contributed by atoms with Gasteiger partial charge < -0.3 is 4.90 Å². The zero-order valence-corrected chi connectivity index (χ0v) is 13.0. The lowest BCUT2D eigenvalue weighted by molar-refractivity contribution is -0.127. The third-order valence-corrected chi connectivity index (χ3v) is 3.90. The SMILES string of the molecule is O=C(/C=C/c1ccccn1)N1CCN(Cc2cccnc2)CC1. The minimum absolute atomic E-state index is 0.0525. The van der Waals surface area contributed by atoms with Crippen molar-refractivity contribution < 1.29 is 4.79 Å². The van der Waals surface area contributed by atoms with E-state index in [1.807, 2.05) is 35.4 Å².